The lowest BCUT2D eigenvalue weighted by atomic mass is 10.4. The summed E-state index contributed by atoms with van der Waals surface area (Å²) in [5.74, 6) is 1.53. The molecule has 0 saturated carbocycles. The molecular formula is C11H13N3O2S3. The van der Waals surface area contributed by atoms with Gasteiger partial charge in [0, 0.05) is 4.88 Å². The number of rotatable bonds is 7. The third-order valence-electron chi connectivity index (χ3n) is 2.08. The Labute approximate surface area is 123 Å². The second-order valence-electron chi connectivity index (χ2n) is 3.54. The molecule has 0 atom stereocenters. The lowest BCUT2D eigenvalue weighted by Gasteiger charge is -2.01. The molecule has 0 aromatic carbocycles. The first-order chi connectivity index (χ1) is 9.28. The van der Waals surface area contributed by atoms with Crippen LogP contribution < -0.4 is 5.32 Å². The van der Waals surface area contributed by atoms with E-state index in [9.17, 15) is 4.79 Å². The van der Waals surface area contributed by atoms with Crippen molar-refractivity contribution in [2.24, 2.45) is 0 Å². The molecule has 0 aliphatic carbocycles. The molecule has 0 saturated heterocycles. The van der Waals surface area contributed by atoms with Crippen molar-refractivity contribution in [1.29, 1.82) is 0 Å². The minimum atomic E-state index is -0.0389. The first-order valence-electron chi connectivity index (χ1n) is 5.51. The summed E-state index contributed by atoms with van der Waals surface area (Å²) < 4.78 is 5.37. The highest BCUT2D eigenvalue weighted by Gasteiger charge is 2.09. The third-order valence-corrected chi connectivity index (χ3v) is 4.31. The van der Waals surface area contributed by atoms with Crippen molar-refractivity contribution in [3.63, 3.8) is 0 Å². The molecule has 102 valence electrons. The van der Waals surface area contributed by atoms with E-state index in [4.69, 9.17) is 4.42 Å². The molecular weight excluding hydrogens is 302 g/mol. The molecule has 0 spiro atoms. The van der Waals surface area contributed by atoms with Gasteiger partial charge in [-0.25, -0.2) is 0 Å². The second kappa shape index (κ2) is 7.56. The van der Waals surface area contributed by atoms with Crippen LogP contribution in [0.25, 0.3) is 0 Å². The van der Waals surface area contributed by atoms with E-state index in [2.05, 4.69) is 15.5 Å². The molecule has 2 rings (SSSR count). The molecule has 2 aromatic heterocycles. The van der Waals surface area contributed by atoms with Gasteiger partial charge in [-0.15, -0.1) is 21.5 Å². The van der Waals surface area contributed by atoms with Crippen molar-refractivity contribution in [1.82, 2.24) is 15.5 Å². The Hall–Kier alpha value is -0.990. The van der Waals surface area contributed by atoms with Gasteiger partial charge in [0.05, 0.1) is 18.1 Å². The van der Waals surface area contributed by atoms with Gasteiger partial charge in [-0.3, -0.25) is 4.79 Å². The standard InChI is InChI=1S/C11H13N3O2S3/c1-17-7-10-13-14-11(16-10)19-6-9(15)12-5-8-3-2-4-18-8/h2-4H,5-7H2,1H3,(H,12,15). The Kier molecular flexibility index (Phi) is 5.74. The highest BCUT2D eigenvalue weighted by atomic mass is 32.2. The van der Waals surface area contributed by atoms with Gasteiger partial charge in [0.2, 0.25) is 11.8 Å². The smallest absolute Gasteiger partial charge is 0.277 e. The number of thiophene rings is 1. The van der Waals surface area contributed by atoms with Crippen LogP contribution >= 0.6 is 34.9 Å². The van der Waals surface area contributed by atoms with Crippen LogP contribution in [0, 0.1) is 0 Å². The predicted octanol–water partition coefficient (Wildman–Crippen LogP) is 2.40. The van der Waals surface area contributed by atoms with E-state index < -0.39 is 0 Å². The highest BCUT2D eigenvalue weighted by Crippen LogP contribution is 2.17. The predicted molar refractivity (Wildman–Crippen MR) is 78.4 cm³/mol. The lowest BCUT2D eigenvalue weighted by molar-refractivity contribution is -0.118. The maximum Gasteiger partial charge on any atom is 0.277 e. The topological polar surface area (TPSA) is 68.0 Å². The fourth-order valence-electron chi connectivity index (χ4n) is 1.26. The van der Waals surface area contributed by atoms with E-state index >= 15 is 0 Å². The summed E-state index contributed by atoms with van der Waals surface area (Å²) in [6.45, 7) is 0.568. The van der Waals surface area contributed by atoms with Crippen LogP contribution in [0.2, 0.25) is 0 Å². The number of hydrogen-bond acceptors (Lipinski definition) is 7. The number of carbonyl (C=O) groups is 1. The van der Waals surface area contributed by atoms with Crippen LogP contribution in [0.4, 0.5) is 0 Å². The van der Waals surface area contributed by atoms with Crippen molar-refractivity contribution in [3.05, 3.63) is 28.3 Å². The van der Waals surface area contributed by atoms with E-state index in [1.807, 2.05) is 23.8 Å². The summed E-state index contributed by atoms with van der Waals surface area (Å²) in [5, 5.41) is 13.0. The van der Waals surface area contributed by atoms with Gasteiger partial charge in [0.25, 0.3) is 5.22 Å². The number of hydrogen-bond donors (Lipinski definition) is 1. The van der Waals surface area contributed by atoms with Crippen LogP contribution in [0.1, 0.15) is 10.8 Å². The average molecular weight is 315 g/mol. The molecule has 0 fully saturated rings. The molecule has 19 heavy (non-hydrogen) atoms. The minimum Gasteiger partial charge on any atom is -0.415 e. The zero-order valence-electron chi connectivity index (χ0n) is 10.3. The Morgan fingerprint density at radius 1 is 1.53 bits per heavy atom. The number of nitrogens with one attached hydrogen (secondary N) is 1. The summed E-state index contributed by atoms with van der Waals surface area (Å²) in [5.41, 5.74) is 0. The molecule has 0 aliphatic heterocycles. The zero-order valence-corrected chi connectivity index (χ0v) is 12.7. The molecule has 2 aromatic rings. The van der Waals surface area contributed by atoms with E-state index in [-0.39, 0.29) is 11.7 Å². The van der Waals surface area contributed by atoms with Crippen molar-refractivity contribution >= 4 is 40.8 Å². The van der Waals surface area contributed by atoms with Crippen LogP contribution in [0.5, 0.6) is 0 Å². The zero-order chi connectivity index (χ0) is 13.5. The Morgan fingerprint density at radius 2 is 2.42 bits per heavy atom. The fourth-order valence-corrected chi connectivity index (χ4v) is 2.87. The van der Waals surface area contributed by atoms with E-state index in [0.29, 0.717) is 23.4 Å². The molecule has 5 nitrogen and oxygen atoms in total. The van der Waals surface area contributed by atoms with Crippen LogP contribution in [-0.4, -0.2) is 28.1 Å². The molecule has 0 aliphatic rings. The number of aromatic nitrogens is 2. The van der Waals surface area contributed by atoms with Gasteiger partial charge in [-0.1, -0.05) is 17.8 Å². The monoisotopic (exact) mass is 315 g/mol. The summed E-state index contributed by atoms with van der Waals surface area (Å²) in [7, 11) is 0. The molecule has 0 bridgehead atoms. The van der Waals surface area contributed by atoms with Crippen LogP contribution in [-0.2, 0) is 17.1 Å². The van der Waals surface area contributed by atoms with Crippen molar-refractivity contribution in [2.75, 3.05) is 12.0 Å². The van der Waals surface area contributed by atoms with E-state index in [0.717, 1.165) is 4.88 Å². The van der Waals surface area contributed by atoms with Crippen molar-refractivity contribution in [3.8, 4) is 0 Å². The average Bonchev–Trinajstić information content (AvgIpc) is 3.05. The maximum absolute atomic E-state index is 11.6. The van der Waals surface area contributed by atoms with Gasteiger partial charge in [0.15, 0.2) is 0 Å². The lowest BCUT2D eigenvalue weighted by Crippen LogP contribution is -2.24. The summed E-state index contributed by atoms with van der Waals surface area (Å²) in [6, 6.07) is 3.96. The first-order valence-corrected chi connectivity index (χ1v) is 8.77. The van der Waals surface area contributed by atoms with Crippen LogP contribution in [0.3, 0.4) is 0 Å². The highest BCUT2D eigenvalue weighted by molar-refractivity contribution is 7.99. The maximum atomic E-state index is 11.6. The van der Waals surface area contributed by atoms with Gasteiger partial charge in [-0.05, 0) is 17.7 Å². The third kappa shape index (κ3) is 4.88. The SMILES string of the molecule is CSCc1nnc(SCC(=O)NCc2cccs2)o1. The largest absolute Gasteiger partial charge is 0.415 e. The molecule has 1 amide bonds. The number of nitrogens with zero attached hydrogens (tertiary/aromatic N) is 2. The summed E-state index contributed by atoms with van der Waals surface area (Å²) >= 11 is 4.49. The van der Waals surface area contributed by atoms with Gasteiger partial charge in [0.1, 0.15) is 0 Å². The van der Waals surface area contributed by atoms with E-state index in [1.165, 1.54) is 11.8 Å². The fraction of sp³-hybridized carbons (Fsp3) is 0.364. The molecule has 0 unspecified atom stereocenters. The Bertz CT molecular complexity index is 513. The summed E-state index contributed by atoms with van der Waals surface area (Å²) in [6.07, 6.45) is 1.97. The van der Waals surface area contributed by atoms with E-state index in [1.54, 1.807) is 23.1 Å². The number of thioether (sulfide) groups is 2. The molecule has 2 heterocycles. The van der Waals surface area contributed by atoms with Crippen molar-refractivity contribution in [2.45, 2.75) is 17.5 Å². The number of amides is 1. The minimum absolute atomic E-state index is 0.0389. The number of carbonyl (C=O) groups excluding carboxylic acids is 1. The normalized spacial score (nSPS) is 10.6. The second-order valence-corrected chi connectivity index (χ2v) is 6.36. The van der Waals surface area contributed by atoms with Crippen LogP contribution in [0.15, 0.2) is 27.2 Å². The van der Waals surface area contributed by atoms with Gasteiger partial charge < -0.3 is 9.73 Å². The quantitative estimate of drug-likeness (QED) is 0.791. The first kappa shape index (κ1) is 14.4. The summed E-state index contributed by atoms with van der Waals surface area (Å²) in [4.78, 5) is 12.8. The Morgan fingerprint density at radius 3 is 3.16 bits per heavy atom. The molecule has 8 heteroatoms. The Balaban J connectivity index is 1.70. The van der Waals surface area contributed by atoms with Gasteiger partial charge >= 0.3 is 0 Å². The molecule has 0 radical (unpaired) electrons. The molecule has 1 N–H and O–H groups in total. The van der Waals surface area contributed by atoms with Gasteiger partial charge in [-0.2, -0.15) is 11.8 Å². The van der Waals surface area contributed by atoms with Crippen molar-refractivity contribution < 1.29 is 9.21 Å².